The molecule has 3 heteroatoms. The van der Waals surface area contributed by atoms with E-state index >= 15 is 0 Å². The molecule has 0 spiro atoms. The lowest BCUT2D eigenvalue weighted by molar-refractivity contribution is 0.0465. The van der Waals surface area contributed by atoms with Gasteiger partial charge in [-0.15, -0.1) is 0 Å². The number of hydrogen-bond donors (Lipinski definition) is 2. The minimum atomic E-state index is -0.0685. The average Bonchev–Trinajstić information content (AvgIpc) is 2.13. The van der Waals surface area contributed by atoms with E-state index < -0.39 is 0 Å². The SMILES string of the molecule is Cc1cc(N)cc(N(C)CC2CC(O)C2)c1. The fraction of sp³-hybridized carbons (Fsp3) is 0.538. The van der Waals surface area contributed by atoms with Crippen molar-refractivity contribution < 1.29 is 5.11 Å². The van der Waals surface area contributed by atoms with Gasteiger partial charge in [0.25, 0.3) is 0 Å². The number of nitrogens with zero attached hydrogens (tertiary/aromatic N) is 1. The van der Waals surface area contributed by atoms with Crippen molar-refractivity contribution in [3.63, 3.8) is 0 Å². The van der Waals surface area contributed by atoms with Gasteiger partial charge >= 0.3 is 0 Å². The Hall–Kier alpha value is -1.22. The first-order valence-electron chi connectivity index (χ1n) is 5.81. The van der Waals surface area contributed by atoms with Crippen molar-refractivity contribution in [2.75, 3.05) is 24.2 Å². The van der Waals surface area contributed by atoms with Gasteiger partial charge in [0.2, 0.25) is 0 Å². The quantitative estimate of drug-likeness (QED) is 0.763. The molecule has 0 bridgehead atoms. The van der Waals surface area contributed by atoms with E-state index in [0.717, 1.165) is 25.1 Å². The maximum atomic E-state index is 9.25. The Labute approximate surface area is 96.9 Å². The van der Waals surface area contributed by atoms with Crippen molar-refractivity contribution >= 4 is 11.4 Å². The Morgan fingerprint density at radius 3 is 2.62 bits per heavy atom. The number of rotatable bonds is 3. The van der Waals surface area contributed by atoms with Gasteiger partial charge in [-0.3, -0.25) is 0 Å². The first-order chi connectivity index (χ1) is 7.54. The van der Waals surface area contributed by atoms with Gasteiger partial charge in [0.15, 0.2) is 0 Å². The van der Waals surface area contributed by atoms with Crippen molar-refractivity contribution in [1.82, 2.24) is 0 Å². The van der Waals surface area contributed by atoms with Crippen molar-refractivity contribution in [2.45, 2.75) is 25.9 Å². The summed E-state index contributed by atoms with van der Waals surface area (Å²) in [5.74, 6) is 0.627. The molecule has 0 heterocycles. The molecule has 0 amide bonds. The number of nitrogen functional groups attached to an aromatic ring is 1. The summed E-state index contributed by atoms with van der Waals surface area (Å²) in [6, 6.07) is 6.12. The van der Waals surface area contributed by atoms with Gasteiger partial charge in [0, 0.05) is 25.0 Å². The molecule has 0 aromatic heterocycles. The van der Waals surface area contributed by atoms with Crippen LogP contribution in [0.15, 0.2) is 18.2 Å². The summed E-state index contributed by atoms with van der Waals surface area (Å²) in [6.07, 6.45) is 1.80. The summed E-state index contributed by atoms with van der Waals surface area (Å²) < 4.78 is 0. The zero-order valence-electron chi connectivity index (χ0n) is 9.98. The highest BCUT2D eigenvalue weighted by Crippen LogP contribution is 2.29. The molecule has 0 unspecified atom stereocenters. The summed E-state index contributed by atoms with van der Waals surface area (Å²) in [7, 11) is 2.08. The lowest BCUT2D eigenvalue weighted by Gasteiger charge is -2.35. The third-order valence-corrected chi connectivity index (χ3v) is 3.27. The van der Waals surface area contributed by atoms with Crippen molar-refractivity contribution in [1.29, 1.82) is 0 Å². The van der Waals surface area contributed by atoms with Crippen molar-refractivity contribution in [3.05, 3.63) is 23.8 Å². The fourth-order valence-electron chi connectivity index (χ4n) is 2.35. The van der Waals surface area contributed by atoms with E-state index in [1.54, 1.807) is 0 Å². The predicted octanol–water partition coefficient (Wildman–Crippen LogP) is 1.78. The standard InChI is InChI=1S/C13H20N2O/c1-9-3-11(14)7-12(4-9)15(2)8-10-5-13(16)6-10/h3-4,7,10,13,16H,5-6,8,14H2,1-2H3. The molecule has 1 aromatic rings. The number of hydrogen-bond acceptors (Lipinski definition) is 3. The molecule has 88 valence electrons. The topological polar surface area (TPSA) is 49.5 Å². The number of aliphatic hydroxyl groups is 1. The summed E-state index contributed by atoms with van der Waals surface area (Å²) in [6.45, 7) is 3.06. The molecule has 1 aliphatic rings. The monoisotopic (exact) mass is 220 g/mol. The van der Waals surface area contributed by atoms with Gasteiger partial charge in [-0.25, -0.2) is 0 Å². The third-order valence-electron chi connectivity index (χ3n) is 3.27. The molecule has 0 aliphatic heterocycles. The van der Waals surface area contributed by atoms with Crippen LogP contribution in [0.25, 0.3) is 0 Å². The van der Waals surface area contributed by atoms with Gasteiger partial charge in [0.05, 0.1) is 6.10 Å². The van der Waals surface area contributed by atoms with E-state index in [1.165, 1.54) is 11.3 Å². The zero-order valence-corrected chi connectivity index (χ0v) is 9.98. The highest BCUT2D eigenvalue weighted by molar-refractivity contribution is 5.58. The molecule has 0 atom stereocenters. The Balaban J connectivity index is 2.00. The van der Waals surface area contributed by atoms with Crippen LogP contribution in [0.1, 0.15) is 18.4 Å². The third kappa shape index (κ3) is 2.47. The minimum Gasteiger partial charge on any atom is -0.399 e. The van der Waals surface area contributed by atoms with Gasteiger partial charge in [-0.2, -0.15) is 0 Å². The highest BCUT2D eigenvalue weighted by atomic mass is 16.3. The molecule has 1 aliphatic carbocycles. The fourth-order valence-corrected chi connectivity index (χ4v) is 2.35. The Kier molecular flexibility index (Phi) is 3.06. The number of aliphatic hydroxyl groups excluding tert-OH is 1. The van der Waals surface area contributed by atoms with Crippen LogP contribution in [0.4, 0.5) is 11.4 Å². The highest BCUT2D eigenvalue weighted by Gasteiger charge is 2.27. The first kappa shape index (κ1) is 11.3. The van der Waals surface area contributed by atoms with Crippen LogP contribution < -0.4 is 10.6 Å². The molecule has 16 heavy (non-hydrogen) atoms. The van der Waals surface area contributed by atoms with E-state index in [1.807, 2.05) is 12.1 Å². The van der Waals surface area contributed by atoms with Gasteiger partial charge in [-0.1, -0.05) is 0 Å². The molecule has 1 aromatic carbocycles. The Morgan fingerprint density at radius 2 is 2.06 bits per heavy atom. The zero-order chi connectivity index (χ0) is 11.7. The minimum absolute atomic E-state index is 0.0685. The largest absolute Gasteiger partial charge is 0.399 e. The van der Waals surface area contributed by atoms with Gasteiger partial charge in [-0.05, 0) is 49.4 Å². The van der Waals surface area contributed by atoms with Crippen LogP contribution in [0.3, 0.4) is 0 Å². The molecule has 0 radical (unpaired) electrons. The van der Waals surface area contributed by atoms with Gasteiger partial charge in [0.1, 0.15) is 0 Å². The molecule has 1 saturated carbocycles. The Morgan fingerprint density at radius 1 is 1.38 bits per heavy atom. The van der Waals surface area contributed by atoms with E-state index in [-0.39, 0.29) is 6.10 Å². The molecular weight excluding hydrogens is 200 g/mol. The summed E-state index contributed by atoms with van der Waals surface area (Å²) in [5.41, 5.74) is 9.00. The molecular formula is C13H20N2O. The predicted molar refractivity (Wildman–Crippen MR) is 67.6 cm³/mol. The average molecular weight is 220 g/mol. The van der Waals surface area contributed by atoms with Crippen LogP contribution >= 0.6 is 0 Å². The normalized spacial score (nSPS) is 23.9. The lowest BCUT2D eigenvalue weighted by atomic mass is 9.82. The van der Waals surface area contributed by atoms with E-state index in [0.29, 0.717) is 5.92 Å². The second-order valence-corrected chi connectivity index (χ2v) is 4.97. The van der Waals surface area contributed by atoms with E-state index in [4.69, 9.17) is 5.73 Å². The summed E-state index contributed by atoms with van der Waals surface area (Å²) in [5, 5.41) is 9.25. The number of benzene rings is 1. The van der Waals surface area contributed by atoms with Crippen LogP contribution in [0.5, 0.6) is 0 Å². The van der Waals surface area contributed by atoms with Crippen LogP contribution in [-0.4, -0.2) is 24.8 Å². The van der Waals surface area contributed by atoms with Crippen LogP contribution in [0, 0.1) is 12.8 Å². The van der Waals surface area contributed by atoms with Crippen LogP contribution in [0.2, 0.25) is 0 Å². The molecule has 2 rings (SSSR count). The van der Waals surface area contributed by atoms with Gasteiger partial charge < -0.3 is 15.7 Å². The van der Waals surface area contributed by atoms with E-state index in [9.17, 15) is 5.11 Å². The lowest BCUT2D eigenvalue weighted by Crippen LogP contribution is -2.37. The smallest absolute Gasteiger partial charge is 0.0546 e. The second kappa shape index (κ2) is 4.34. The molecule has 1 fully saturated rings. The molecule has 0 saturated heterocycles. The summed E-state index contributed by atoms with van der Waals surface area (Å²) in [4.78, 5) is 2.22. The Bertz CT molecular complexity index is 352. The maximum absolute atomic E-state index is 9.25. The number of nitrogens with two attached hydrogens (primary N) is 1. The van der Waals surface area contributed by atoms with Crippen molar-refractivity contribution in [2.24, 2.45) is 5.92 Å². The molecule has 3 nitrogen and oxygen atoms in total. The van der Waals surface area contributed by atoms with E-state index in [2.05, 4.69) is 24.9 Å². The molecule has 3 N–H and O–H groups in total. The first-order valence-corrected chi connectivity index (χ1v) is 5.81. The number of anilines is 2. The van der Waals surface area contributed by atoms with Crippen LogP contribution in [-0.2, 0) is 0 Å². The van der Waals surface area contributed by atoms with Crippen molar-refractivity contribution in [3.8, 4) is 0 Å². The summed E-state index contributed by atoms with van der Waals surface area (Å²) >= 11 is 0. The number of aryl methyl sites for hydroxylation is 1. The second-order valence-electron chi connectivity index (χ2n) is 4.97. The maximum Gasteiger partial charge on any atom is 0.0546 e.